The van der Waals surface area contributed by atoms with Crippen molar-refractivity contribution in [2.24, 2.45) is 0 Å². The van der Waals surface area contributed by atoms with Crippen molar-refractivity contribution in [3.05, 3.63) is 125 Å². The Morgan fingerprint density at radius 2 is 1.40 bits per heavy atom. The second-order valence-electron chi connectivity index (χ2n) is 11.0. The van der Waals surface area contributed by atoms with Crippen molar-refractivity contribution in [3.63, 3.8) is 0 Å². The fourth-order valence-corrected chi connectivity index (χ4v) is 6.62. The molecule has 0 amide bonds. The van der Waals surface area contributed by atoms with Gasteiger partial charge >= 0.3 is 0 Å². The van der Waals surface area contributed by atoms with Gasteiger partial charge in [-0.2, -0.15) is 0 Å². The molecule has 1 aliphatic heterocycles. The Balaban J connectivity index is 0.00000323. The molecule has 206 valence electrons. The van der Waals surface area contributed by atoms with E-state index in [2.05, 4.69) is 120 Å². The smallest absolute Gasteiger partial charge is 0.119 e. The summed E-state index contributed by atoms with van der Waals surface area (Å²) >= 11 is 0. The molecule has 0 saturated carbocycles. The molecular formula is C36H39ClN2O. The number of benzene rings is 4. The zero-order valence-corrected chi connectivity index (χ0v) is 24.6. The highest BCUT2D eigenvalue weighted by atomic mass is 35.5. The number of ether oxygens (including phenoxy) is 1. The molecule has 1 aliphatic rings. The lowest BCUT2D eigenvalue weighted by Gasteiger charge is -2.33. The van der Waals surface area contributed by atoms with Crippen LogP contribution in [0.15, 0.2) is 97.1 Å². The van der Waals surface area contributed by atoms with E-state index < -0.39 is 0 Å². The third kappa shape index (κ3) is 5.54. The number of aryl methyl sites for hydroxylation is 2. The molecule has 0 bridgehead atoms. The molecule has 1 saturated heterocycles. The minimum absolute atomic E-state index is 0. The Morgan fingerprint density at radius 1 is 0.750 bits per heavy atom. The van der Waals surface area contributed by atoms with Crippen molar-refractivity contribution in [2.45, 2.75) is 45.7 Å². The third-order valence-electron chi connectivity index (χ3n) is 8.53. The second-order valence-corrected chi connectivity index (χ2v) is 11.0. The van der Waals surface area contributed by atoms with Crippen LogP contribution >= 0.6 is 12.4 Å². The van der Waals surface area contributed by atoms with Crippen LogP contribution < -0.4 is 4.74 Å². The van der Waals surface area contributed by atoms with E-state index in [-0.39, 0.29) is 12.4 Å². The number of rotatable bonds is 7. The zero-order chi connectivity index (χ0) is 26.8. The van der Waals surface area contributed by atoms with Crippen LogP contribution in [0.4, 0.5) is 0 Å². The van der Waals surface area contributed by atoms with Crippen molar-refractivity contribution in [1.29, 1.82) is 0 Å². The van der Waals surface area contributed by atoms with Gasteiger partial charge in [0.25, 0.3) is 0 Å². The number of nitrogens with zero attached hydrogens (tertiary/aromatic N) is 2. The molecule has 0 radical (unpaired) electrons. The van der Waals surface area contributed by atoms with Gasteiger partial charge in [-0.05, 0) is 97.3 Å². The molecule has 4 aromatic carbocycles. The number of halogens is 1. The fraction of sp³-hybridized carbons (Fsp3) is 0.278. The summed E-state index contributed by atoms with van der Waals surface area (Å²) in [5, 5.41) is 1.29. The predicted octanol–water partition coefficient (Wildman–Crippen LogP) is 8.78. The van der Waals surface area contributed by atoms with Gasteiger partial charge in [0.2, 0.25) is 0 Å². The number of hydrogen-bond acceptors (Lipinski definition) is 2. The van der Waals surface area contributed by atoms with Gasteiger partial charge in [0.05, 0.1) is 12.8 Å². The molecule has 1 fully saturated rings. The molecule has 2 heterocycles. The maximum absolute atomic E-state index is 5.70. The number of fused-ring (bicyclic) bond motifs is 1. The molecule has 5 aromatic rings. The third-order valence-corrected chi connectivity index (χ3v) is 8.53. The Hall–Kier alpha value is -3.53. The molecule has 3 nitrogen and oxygen atoms in total. The van der Waals surface area contributed by atoms with Gasteiger partial charge < -0.3 is 9.30 Å². The molecule has 4 heteroatoms. The summed E-state index contributed by atoms with van der Waals surface area (Å²) in [6.07, 6.45) is 2.41. The summed E-state index contributed by atoms with van der Waals surface area (Å²) in [6, 6.07) is 35.0. The first-order valence-electron chi connectivity index (χ1n) is 14.2. The van der Waals surface area contributed by atoms with E-state index in [9.17, 15) is 0 Å². The summed E-state index contributed by atoms with van der Waals surface area (Å²) < 4.78 is 8.22. The Morgan fingerprint density at radius 3 is 2.05 bits per heavy atom. The van der Waals surface area contributed by atoms with Crippen LogP contribution in [0.2, 0.25) is 0 Å². The van der Waals surface area contributed by atoms with Gasteiger partial charge in [0.1, 0.15) is 5.75 Å². The van der Waals surface area contributed by atoms with Crippen molar-refractivity contribution in [2.75, 3.05) is 20.2 Å². The standard InChI is InChI=1S/C36H38N2O.ClH/c1-26-11-10-12-27(2)35(26)29-19-21-37(22-20-29)25-33-32-23-31(39-3)17-18-34(32)38(24-28-13-6-4-7-14-28)36(33)30-15-8-5-9-16-30;/h4-18,23,29H,19-22,24-25H2,1-3H3;1H. The SMILES string of the molecule is COc1ccc2c(c1)c(CN1CCC(c3c(C)cccc3C)CC1)c(-c1ccccc1)n2Cc1ccccc1.Cl. The van der Waals surface area contributed by atoms with E-state index >= 15 is 0 Å². The average molecular weight is 551 g/mol. The van der Waals surface area contributed by atoms with E-state index in [0.717, 1.165) is 31.9 Å². The molecule has 0 spiro atoms. The van der Waals surface area contributed by atoms with Gasteiger partial charge in [-0.3, -0.25) is 4.90 Å². The molecule has 40 heavy (non-hydrogen) atoms. The van der Waals surface area contributed by atoms with E-state index in [0.29, 0.717) is 5.92 Å². The summed E-state index contributed by atoms with van der Waals surface area (Å²) in [5.41, 5.74) is 11.0. The first-order valence-corrected chi connectivity index (χ1v) is 14.2. The normalized spacial score (nSPS) is 14.3. The van der Waals surface area contributed by atoms with Crippen LogP contribution in [0.25, 0.3) is 22.2 Å². The topological polar surface area (TPSA) is 17.4 Å². The van der Waals surface area contributed by atoms with Gasteiger partial charge in [-0.1, -0.05) is 78.9 Å². The molecule has 0 aliphatic carbocycles. The van der Waals surface area contributed by atoms with E-state index in [1.807, 2.05) is 0 Å². The molecule has 0 unspecified atom stereocenters. The number of aromatic nitrogens is 1. The highest BCUT2D eigenvalue weighted by Crippen LogP contribution is 2.39. The first kappa shape index (κ1) is 28.0. The maximum atomic E-state index is 5.70. The van der Waals surface area contributed by atoms with Crippen LogP contribution in [0, 0.1) is 13.8 Å². The quantitative estimate of drug-likeness (QED) is 0.201. The van der Waals surface area contributed by atoms with Crippen molar-refractivity contribution >= 4 is 23.3 Å². The minimum Gasteiger partial charge on any atom is -0.497 e. The van der Waals surface area contributed by atoms with Crippen LogP contribution in [0.3, 0.4) is 0 Å². The lowest BCUT2D eigenvalue weighted by molar-refractivity contribution is 0.205. The van der Waals surface area contributed by atoms with Gasteiger partial charge in [0, 0.05) is 24.0 Å². The lowest BCUT2D eigenvalue weighted by atomic mass is 9.84. The minimum atomic E-state index is 0. The van der Waals surface area contributed by atoms with E-state index in [4.69, 9.17) is 4.74 Å². The molecule has 0 N–H and O–H groups in total. The molecular weight excluding hydrogens is 512 g/mol. The second kappa shape index (κ2) is 12.3. The van der Waals surface area contributed by atoms with E-state index in [1.165, 1.54) is 57.3 Å². The number of methoxy groups -OCH3 is 1. The van der Waals surface area contributed by atoms with Crippen LogP contribution in [0.5, 0.6) is 5.75 Å². The van der Waals surface area contributed by atoms with Crippen LogP contribution in [0.1, 0.15) is 46.6 Å². The van der Waals surface area contributed by atoms with Crippen LogP contribution in [-0.4, -0.2) is 29.7 Å². The Bertz CT molecular complexity index is 1550. The lowest BCUT2D eigenvalue weighted by Crippen LogP contribution is -2.33. The summed E-state index contributed by atoms with van der Waals surface area (Å²) in [6.45, 7) is 8.55. The monoisotopic (exact) mass is 550 g/mol. The number of likely N-dealkylation sites (tertiary alicyclic amines) is 1. The molecule has 6 rings (SSSR count). The highest BCUT2D eigenvalue weighted by molar-refractivity contribution is 5.93. The summed E-state index contributed by atoms with van der Waals surface area (Å²) in [7, 11) is 1.76. The largest absolute Gasteiger partial charge is 0.497 e. The molecule has 1 aromatic heterocycles. The van der Waals surface area contributed by atoms with Gasteiger partial charge in [-0.25, -0.2) is 0 Å². The van der Waals surface area contributed by atoms with Gasteiger partial charge in [0.15, 0.2) is 0 Å². The van der Waals surface area contributed by atoms with Crippen molar-refractivity contribution in [3.8, 4) is 17.0 Å². The van der Waals surface area contributed by atoms with Crippen molar-refractivity contribution in [1.82, 2.24) is 9.47 Å². The average Bonchev–Trinajstić information content (AvgIpc) is 3.26. The predicted molar refractivity (Wildman–Crippen MR) is 170 cm³/mol. The Kier molecular flexibility index (Phi) is 8.63. The van der Waals surface area contributed by atoms with E-state index in [1.54, 1.807) is 12.7 Å². The summed E-state index contributed by atoms with van der Waals surface area (Å²) in [5.74, 6) is 1.56. The Labute approximate surface area is 244 Å². The number of hydrogen-bond donors (Lipinski definition) is 0. The highest BCUT2D eigenvalue weighted by Gasteiger charge is 2.26. The zero-order valence-electron chi connectivity index (χ0n) is 23.8. The molecule has 0 atom stereocenters. The fourth-order valence-electron chi connectivity index (χ4n) is 6.62. The first-order chi connectivity index (χ1) is 19.1. The van der Waals surface area contributed by atoms with Crippen molar-refractivity contribution < 1.29 is 4.74 Å². The maximum Gasteiger partial charge on any atom is 0.119 e. The van der Waals surface area contributed by atoms with Gasteiger partial charge in [-0.15, -0.1) is 12.4 Å². The van der Waals surface area contributed by atoms with Crippen LogP contribution in [-0.2, 0) is 13.1 Å². The number of piperidine rings is 1. The summed E-state index contributed by atoms with van der Waals surface area (Å²) in [4.78, 5) is 2.66.